The molecule has 0 amide bonds. The van der Waals surface area contributed by atoms with Gasteiger partial charge in [-0.15, -0.1) is 0 Å². The molecule has 1 unspecified atom stereocenters. The molecule has 0 bridgehead atoms. The van der Waals surface area contributed by atoms with Crippen molar-refractivity contribution < 1.29 is 9.47 Å². The van der Waals surface area contributed by atoms with Gasteiger partial charge in [-0.1, -0.05) is 6.92 Å². The molecule has 0 radical (unpaired) electrons. The topological polar surface area (TPSA) is 18.5 Å². The lowest BCUT2D eigenvalue weighted by Crippen LogP contribution is -2.31. The Kier molecular flexibility index (Phi) is 3.17. The molecule has 2 nitrogen and oxygen atoms in total. The molecule has 2 rings (SSSR count). The zero-order valence-corrected chi connectivity index (χ0v) is 9.07. The van der Waals surface area contributed by atoms with Crippen LogP contribution < -0.4 is 0 Å². The minimum Gasteiger partial charge on any atom is -0.355 e. The number of hydrogen-bond donors (Lipinski definition) is 0. The predicted octanol–water partition coefficient (Wildman–Crippen LogP) is 2.43. The van der Waals surface area contributed by atoms with Crippen LogP contribution in [-0.4, -0.2) is 30.0 Å². The molecular weight excluding hydrogens is 184 g/mol. The van der Waals surface area contributed by atoms with E-state index >= 15 is 0 Å². The fourth-order valence-electron chi connectivity index (χ4n) is 2.14. The van der Waals surface area contributed by atoms with Crippen LogP contribution in [0.3, 0.4) is 0 Å². The number of rotatable bonds is 2. The predicted molar refractivity (Wildman–Crippen MR) is 55.0 cm³/mol. The van der Waals surface area contributed by atoms with Gasteiger partial charge in [0.05, 0.1) is 12.7 Å². The van der Waals surface area contributed by atoms with E-state index in [1.165, 1.54) is 25.0 Å². The second-order valence-electron chi connectivity index (χ2n) is 4.21. The van der Waals surface area contributed by atoms with Crippen molar-refractivity contribution in [3.05, 3.63) is 0 Å². The smallest absolute Gasteiger partial charge is 0.147 e. The third-order valence-electron chi connectivity index (χ3n) is 2.93. The van der Waals surface area contributed by atoms with Gasteiger partial charge in [0.1, 0.15) is 6.79 Å². The first kappa shape index (κ1) is 9.81. The van der Waals surface area contributed by atoms with Crippen LogP contribution in [0.15, 0.2) is 0 Å². The van der Waals surface area contributed by atoms with Crippen LogP contribution >= 0.6 is 11.8 Å². The minimum absolute atomic E-state index is 0.448. The molecule has 2 aliphatic rings. The Hall–Kier alpha value is 0.270. The lowest BCUT2D eigenvalue weighted by molar-refractivity contribution is -0.142. The van der Waals surface area contributed by atoms with Crippen LogP contribution in [0.4, 0.5) is 0 Å². The summed E-state index contributed by atoms with van der Waals surface area (Å²) in [6, 6.07) is 0. The fraction of sp³-hybridized carbons (Fsp3) is 1.00. The minimum atomic E-state index is 0.448. The van der Waals surface area contributed by atoms with Gasteiger partial charge in [0.25, 0.3) is 0 Å². The summed E-state index contributed by atoms with van der Waals surface area (Å²) in [6.07, 6.45) is 5.48. The van der Waals surface area contributed by atoms with E-state index in [9.17, 15) is 0 Å². The van der Waals surface area contributed by atoms with Crippen molar-refractivity contribution in [2.45, 2.75) is 43.5 Å². The van der Waals surface area contributed by atoms with Crippen molar-refractivity contribution in [3.63, 3.8) is 0 Å². The fourth-order valence-corrected chi connectivity index (χ4v) is 3.52. The van der Waals surface area contributed by atoms with Gasteiger partial charge in [-0.2, -0.15) is 11.8 Å². The summed E-state index contributed by atoms with van der Waals surface area (Å²) >= 11 is 2.12. The lowest BCUT2D eigenvalue weighted by Gasteiger charge is -2.30. The summed E-state index contributed by atoms with van der Waals surface area (Å²) in [5.74, 6) is 1.33. The molecule has 0 N–H and O–H groups in total. The summed E-state index contributed by atoms with van der Waals surface area (Å²) in [4.78, 5) is 0. The molecule has 2 heterocycles. The van der Waals surface area contributed by atoms with E-state index < -0.39 is 0 Å². The molecule has 0 aromatic heterocycles. The van der Waals surface area contributed by atoms with E-state index in [4.69, 9.17) is 9.47 Å². The van der Waals surface area contributed by atoms with Crippen LogP contribution in [0, 0.1) is 0 Å². The monoisotopic (exact) mass is 202 g/mol. The SMILES string of the molecule is CC1(C[C@H]2CCOCO2)CCCS1. The highest BCUT2D eigenvalue weighted by Crippen LogP contribution is 2.42. The van der Waals surface area contributed by atoms with Crippen LogP contribution in [0.2, 0.25) is 0 Å². The molecule has 0 aromatic rings. The van der Waals surface area contributed by atoms with Gasteiger partial charge in [0, 0.05) is 4.75 Å². The molecule has 0 aromatic carbocycles. The second-order valence-corrected chi connectivity index (χ2v) is 5.89. The van der Waals surface area contributed by atoms with Gasteiger partial charge < -0.3 is 9.47 Å². The third kappa shape index (κ3) is 2.61. The van der Waals surface area contributed by atoms with Crippen LogP contribution in [0.5, 0.6) is 0 Å². The van der Waals surface area contributed by atoms with Gasteiger partial charge >= 0.3 is 0 Å². The molecule has 2 fully saturated rings. The Morgan fingerprint density at radius 1 is 1.54 bits per heavy atom. The van der Waals surface area contributed by atoms with Crippen LogP contribution in [0.25, 0.3) is 0 Å². The Bertz CT molecular complexity index is 160. The van der Waals surface area contributed by atoms with Crippen molar-refractivity contribution in [1.29, 1.82) is 0 Å². The van der Waals surface area contributed by atoms with E-state index in [0.29, 0.717) is 17.6 Å². The van der Waals surface area contributed by atoms with Gasteiger partial charge in [0.15, 0.2) is 0 Å². The van der Waals surface area contributed by atoms with Gasteiger partial charge in [-0.25, -0.2) is 0 Å². The van der Waals surface area contributed by atoms with E-state index in [0.717, 1.165) is 13.0 Å². The van der Waals surface area contributed by atoms with Gasteiger partial charge in [0.2, 0.25) is 0 Å². The third-order valence-corrected chi connectivity index (χ3v) is 4.49. The summed E-state index contributed by atoms with van der Waals surface area (Å²) < 4.78 is 11.2. The van der Waals surface area contributed by atoms with Gasteiger partial charge in [-0.3, -0.25) is 0 Å². The first-order valence-electron chi connectivity index (χ1n) is 5.12. The molecule has 2 saturated heterocycles. The number of thioether (sulfide) groups is 1. The Morgan fingerprint density at radius 3 is 3.08 bits per heavy atom. The second kappa shape index (κ2) is 4.20. The van der Waals surface area contributed by atoms with Crippen molar-refractivity contribution in [1.82, 2.24) is 0 Å². The summed E-state index contributed by atoms with van der Waals surface area (Å²) in [6.45, 7) is 3.76. The standard InChI is InChI=1S/C10H18O2S/c1-10(4-2-6-13-10)7-9-3-5-11-8-12-9/h9H,2-8H2,1H3/t9-,10?/m1/s1. The average molecular weight is 202 g/mol. The first-order chi connectivity index (χ1) is 6.29. The molecule has 13 heavy (non-hydrogen) atoms. The van der Waals surface area contributed by atoms with E-state index in [-0.39, 0.29) is 0 Å². The maximum absolute atomic E-state index is 5.57. The summed E-state index contributed by atoms with van der Waals surface area (Å²) in [5, 5.41) is 0. The molecule has 3 heteroatoms. The Balaban J connectivity index is 1.81. The molecule has 0 aliphatic carbocycles. The van der Waals surface area contributed by atoms with Gasteiger partial charge in [-0.05, 0) is 31.4 Å². The molecule has 0 spiro atoms. The van der Waals surface area contributed by atoms with E-state index in [2.05, 4.69) is 18.7 Å². The molecule has 0 saturated carbocycles. The van der Waals surface area contributed by atoms with Crippen molar-refractivity contribution >= 4 is 11.8 Å². The number of ether oxygens (including phenoxy) is 2. The average Bonchev–Trinajstić information content (AvgIpc) is 2.54. The normalized spacial score (nSPS) is 40.8. The Labute approximate surface area is 84.4 Å². The summed E-state index contributed by atoms with van der Waals surface area (Å²) in [5.41, 5.74) is 0. The highest BCUT2D eigenvalue weighted by molar-refractivity contribution is 8.00. The van der Waals surface area contributed by atoms with E-state index in [1.54, 1.807) is 0 Å². The molecule has 2 aliphatic heterocycles. The maximum atomic E-state index is 5.57. The van der Waals surface area contributed by atoms with Crippen molar-refractivity contribution in [2.24, 2.45) is 0 Å². The van der Waals surface area contributed by atoms with Crippen LogP contribution in [-0.2, 0) is 9.47 Å². The van der Waals surface area contributed by atoms with E-state index in [1.807, 2.05) is 0 Å². The summed E-state index contributed by atoms with van der Waals surface area (Å²) in [7, 11) is 0. The highest BCUT2D eigenvalue weighted by Gasteiger charge is 2.33. The van der Waals surface area contributed by atoms with Crippen molar-refractivity contribution in [2.75, 3.05) is 19.2 Å². The van der Waals surface area contributed by atoms with Crippen LogP contribution in [0.1, 0.15) is 32.6 Å². The number of hydrogen-bond acceptors (Lipinski definition) is 3. The first-order valence-corrected chi connectivity index (χ1v) is 6.10. The largest absolute Gasteiger partial charge is 0.355 e. The Morgan fingerprint density at radius 2 is 2.46 bits per heavy atom. The molecule has 76 valence electrons. The maximum Gasteiger partial charge on any atom is 0.147 e. The van der Waals surface area contributed by atoms with Crippen molar-refractivity contribution in [3.8, 4) is 0 Å². The lowest BCUT2D eigenvalue weighted by atomic mass is 9.96. The highest BCUT2D eigenvalue weighted by atomic mass is 32.2. The molecular formula is C10H18O2S. The molecule has 2 atom stereocenters. The quantitative estimate of drug-likeness (QED) is 0.685. The zero-order valence-electron chi connectivity index (χ0n) is 8.25. The zero-order chi connectivity index (χ0) is 9.15.